The van der Waals surface area contributed by atoms with E-state index in [1.54, 1.807) is 19.1 Å². The molecule has 1 aromatic rings. The summed E-state index contributed by atoms with van der Waals surface area (Å²) in [5, 5.41) is 0. The maximum absolute atomic E-state index is 12.9. The second-order valence-corrected chi connectivity index (χ2v) is 8.99. The molecule has 3 rings (SSSR count). The van der Waals surface area contributed by atoms with Crippen molar-refractivity contribution in [1.82, 2.24) is 0 Å². The van der Waals surface area contributed by atoms with Gasteiger partial charge in [0, 0.05) is 12.8 Å². The third-order valence-electron chi connectivity index (χ3n) is 6.37. The van der Waals surface area contributed by atoms with Gasteiger partial charge >= 0.3 is 19.1 Å². The average Bonchev–Trinajstić information content (AvgIpc) is 2.90. The van der Waals surface area contributed by atoms with E-state index in [-0.39, 0.29) is 13.0 Å². The molecule has 1 aromatic carbocycles. The van der Waals surface area contributed by atoms with E-state index in [4.69, 9.17) is 18.8 Å². The standard InChI is InChI=1S/C23H31BO6/c1-7-27-20(26)23(28-19(25)18-11-9-8-10-16(18)2)14-12-17(13-15-23)24-29-21(3,4)22(5,6)30-24/h8-12H,7,13-15H2,1-6H3/t23-/m1/s1. The summed E-state index contributed by atoms with van der Waals surface area (Å²) in [4.78, 5) is 25.7. The number of carbonyl (C=O) groups is 2. The molecule has 2 aliphatic rings. The van der Waals surface area contributed by atoms with Crippen molar-refractivity contribution < 1.29 is 28.4 Å². The quantitative estimate of drug-likeness (QED) is 0.532. The van der Waals surface area contributed by atoms with Crippen LogP contribution in [0.4, 0.5) is 0 Å². The van der Waals surface area contributed by atoms with Crippen LogP contribution in [0.3, 0.4) is 0 Å². The fourth-order valence-corrected chi connectivity index (χ4v) is 3.67. The van der Waals surface area contributed by atoms with Crippen LogP contribution >= 0.6 is 0 Å². The number of hydrogen-bond donors (Lipinski definition) is 0. The van der Waals surface area contributed by atoms with Gasteiger partial charge in [0.15, 0.2) is 0 Å². The van der Waals surface area contributed by atoms with Crippen molar-refractivity contribution in [3.8, 4) is 0 Å². The molecule has 0 saturated carbocycles. The zero-order valence-electron chi connectivity index (χ0n) is 18.7. The summed E-state index contributed by atoms with van der Waals surface area (Å²) in [5.41, 5.74) is -0.0207. The van der Waals surface area contributed by atoms with Crippen molar-refractivity contribution in [2.45, 2.75) is 77.6 Å². The molecule has 0 N–H and O–H groups in total. The molecule has 0 aromatic heterocycles. The van der Waals surface area contributed by atoms with Crippen LogP contribution < -0.4 is 0 Å². The molecule has 1 aliphatic carbocycles. The normalized spacial score (nSPS) is 24.9. The topological polar surface area (TPSA) is 71.1 Å². The lowest BCUT2D eigenvalue weighted by Crippen LogP contribution is -2.46. The summed E-state index contributed by atoms with van der Waals surface area (Å²) >= 11 is 0. The molecule has 0 amide bonds. The number of esters is 2. The van der Waals surface area contributed by atoms with Crippen LogP contribution in [-0.4, -0.2) is 42.5 Å². The maximum atomic E-state index is 12.9. The Morgan fingerprint density at radius 3 is 2.27 bits per heavy atom. The molecule has 162 valence electrons. The molecule has 1 atom stereocenters. The fraction of sp³-hybridized carbons (Fsp3) is 0.565. The molecule has 0 spiro atoms. The maximum Gasteiger partial charge on any atom is 0.490 e. The third kappa shape index (κ3) is 4.19. The Hall–Kier alpha value is -2.12. The van der Waals surface area contributed by atoms with Crippen LogP contribution in [0.5, 0.6) is 0 Å². The summed E-state index contributed by atoms with van der Waals surface area (Å²) in [6.45, 7) is 11.8. The monoisotopic (exact) mass is 414 g/mol. The Balaban J connectivity index is 1.82. The number of allylic oxidation sites excluding steroid dienone is 1. The van der Waals surface area contributed by atoms with E-state index in [1.807, 2.05) is 52.8 Å². The van der Waals surface area contributed by atoms with Gasteiger partial charge in [0.2, 0.25) is 5.60 Å². The van der Waals surface area contributed by atoms with Gasteiger partial charge in [0.05, 0.1) is 23.4 Å². The molecular formula is C23H31BO6. The van der Waals surface area contributed by atoms with Crippen molar-refractivity contribution in [3.05, 3.63) is 46.9 Å². The summed E-state index contributed by atoms with van der Waals surface area (Å²) in [6.07, 6.45) is 2.95. The second kappa shape index (κ2) is 8.19. The van der Waals surface area contributed by atoms with E-state index in [1.165, 1.54) is 0 Å². The summed E-state index contributed by atoms with van der Waals surface area (Å²) in [5.74, 6) is -1.04. The van der Waals surface area contributed by atoms with Gasteiger partial charge in [-0.25, -0.2) is 9.59 Å². The number of benzene rings is 1. The zero-order valence-corrected chi connectivity index (χ0v) is 18.7. The van der Waals surface area contributed by atoms with E-state index in [0.29, 0.717) is 18.4 Å². The molecule has 6 nitrogen and oxygen atoms in total. The van der Waals surface area contributed by atoms with Gasteiger partial charge in [0.1, 0.15) is 0 Å². The van der Waals surface area contributed by atoms with E-state index in [9.17, 15) is 9.59 Å². The minimum Gasteiger partial charge on any atom is -0.463 e. The van der Waals surface area contributed by atoms with E-state index in [0.717, 1.165) is 11.0 Å². The molecular weight excluding hydrogens is 383 g/mol. The third-order valence-corrected chi connectivity index (χ3v) is 6.37. The highest BCUT2D eigenvalue weighted by molar-refractivity contribution is 6.54. The van der Waals surface area contributed by atoms with E-state index >= 15 is 0 Å². The smallest absolute Gasteiger partial charge is 0.463 e. The van der Waals surface area contributed by atoms with Crippen LogP contribution in [0.25, 0.3) is 0 Å². The summed E-state index contributed by atoms with van der Waals surface area (Å²) in [7, 11) is -0.470. The predicted octanol–water partition coefficient (Wildman–Crippen LogP) is 4.20. The molecule has 1 heterocycles. The van der Waals surface area contributed by atoms with Crippen molar-refractivity contribution in [2.75, 3.05) is 6.61 Å². The van der Waals surface area contributed by atoms with Crippen molar-refractivity contribution >= 4 is 19.1 Å². The number of hydrogen-bond acceptors (Lipinski definition) is 6. The lowest BCUT2D eigenvalue weighted by molar-refractivity contribution is -0.166. The number of rotatable bonds is 5. The van der Waals surface area contributed by atoms with Gasteiger partial charge in [-0.2, -0.15) is 0 Å². The van der Waals surface area contributed by atoms with Gasteiger partial charge in [-0.05, 0) is 65.1 Å². The Labute approximate surface area is 179 Å². The van der Waals surface area contributed by atoms with Crippen LogP contribution in [0, 0.1) is 6.92 Å². The Bertz CT molecular complexity index is 843. The first-order valence-electron chi connectivity index (χ1n) is 10.5. The first kappa shape index (κ1) is 22.6. The molecule has 1 aliphatic heterocycles. The number of ether oxygens (including phenoxy) is 2. The first-order valence-corrected chi connectivity index (χ1v) is 10.5. The molecule has 1 saturated heterocycles. The zero-order chi connectivity index (χ0) is 22.2. The van der Waals surface area contributed by atoms with E-state index < -0.39 is 35.9 Å². The highest BCUT2D eigenvalue weighted by Crippen LogP contribution is 2.42. The minimum absolute atomic E-state index is 0.219. The minimum atomic E-state index is -1.34. The van der Waals surface area contributed by atoms with Gasteiger partial charge in [-0.1, -0.05) is 24.3 Å². The van der Waals surface area contributed by atoms with Gasteiger partial charge in [-0.15, -0.1) is 0 Å². The molecule has 0 unspecified atom stereocenters. The van der Waals surface area contributed by atoms with Gasteiger partial charge in [0.25, 0.3) is 0 Å². The largest absolute Gasteiger partial charge is 0.490 e. The predicted molar refractivity (Wildman–Crippen MR) is 114 cm³/mol. The highest BCUT2D eigenvalue weighted by atomic mass is 16.7. The SMILES string of the molecule is CCOC(=O)[C@@]1(OC(=O)c2ccccc2C)CC=C(B2OC(C)(C)C(C)(C)O2)CC1. The van der Waals surface area contributed by atoms with Crippen LogP contribution in [0.2, 0.25) is 0 Å². The van der Waals surface area contributed by atoms with Crippen LogP contribution in [0.15, 0.2) is 35.8 Å². The van der Waals surface area contributed by atoms with E-state index in [2.05, 4.69) is 0 Å². The van der Waals surface area contributed by atoms with Gasteiger partial charge < -0.3 is 18.8 Å². The Morgan fingerprint density at radius 1 is 1.10 bits per heavy atom. The summed E-state index contributed by atoms with van der Waals surface area (Å²) in [6, 6.07) is 7.17. The number of carbonyl (C=O) groups excluding carboxylic acids is 2. The van der Waals surface area contributed by atoms with Crippen LogP contribution in [-0.2, 0) is 23.6 Å². The molecule has 30 heavy (non-hydrogen) atoms. The van der Waals surface area contributed by atoms with Crippen molar-refractivity contribution in [1.29, 1.82) is 0 Å². The second-order valence-electron chi connectivity index (χ2n) is 8.99. The Morgan fingerprint density at radius 2 is 1.73 bits per heavy atom. The molecule has 1 fully saturated rings. The molecule has 0 radical (unpaired) electrons. The van der Waals surface area contributed by atoms with Gasteiger partial charge in [-0.3, -0.25) is 0 Å². The van der Waals surface area contributed by atoms with Crippen LogP contribution in [0.1, 0.15) is 69.8 Å². The first-order chi connectivity index (χ1) is 14.0. The lowest BCUT2D eigenvalue weighted by Gasteiger charge is -2.34. The average molecular weight is 414 g/mol. The molecule has 0 bridgehead atoms. The Kier molecular flexibility index (Phi) is 6.16. The summed E-state index contributed by atoms with van der Waals surface area (Å²) < 4.78 is 23.3. The van der Waals surface area contributed by atoms with Crippen molar-refractivity contribution in [3.63, 3.8) is 0 Å². The molecule has 7 heteroatoms. The van der Waals surface area contributed by atoms with Crippen molar-refractivity contribution in [2.24, 2.45) is 0 Å². The lowest BCUT2D eigenvalue weighted by atomic mass is 9.69. The highest BCUT2D eigenvalue weighted by Gasteiger charge is 2.54. The number of aryl methyl sites for hydroxylation is 1. The fourth-order valence-electron chi connectivity index (χ4n) is 3.67.